The van der Waals surface area contributed by atoms with Crippen molar-refractivity contribution in [3.63, 3.8) is 0 Å². The lowest BCUT2D eigenvalue weighted by atomic mass is 9.88. The molecule has 20 heavy (non-hydrogen) atoms. The van der Waals surface area contributed by atoms with Crippen LogP contribution < -0.4 is 11.1 Å². The molecule has 1 aromatic carbocycles. The molecule has 0 spiro atoms. The summed E-state index contributed by atoms with van der Waals surface area (Å²) < 4.78 is 0.831. The molecular formula is C15H22BrClN2O. The number of rotatable bonds is 7. The summed E-state index contributed by atoms with van der Waals surface area (Å²) >= 11 is 9.32. The maximum absolute atomic E-state index is 12.0. The maximum atomic E-state index is 12.0. The molecule has 1 atom stereocenters. The number of amides is 1. The van der Waals surface area contributed by atoms with E-state index in [-0.39, 0.29) is 5.91 Å². The smallest absolute Gasteiger partial charge is 0.224 e. The Kier molecular flexibility index (Phi) is 7.56. The first kappa shape index (κ1) is 17.5. The highest BCUT2D eigenvalue weighted by molar-refractivity contribution is 9.10. The van der Waals surface area contributed by atoms with Crippen molar-refractivity contribution in [2.24, 2.45) is 17.6 Å². The average molecular weight is 362 g/mol. The second-order valence-corrected chi connectivity index (χ2v) is 6.58. The number of nitrogens with two attached hydrogens (primary N) is 1. The quantitative estimate of drug-likeness (QED) is 0.754. The van der Waals surface area contributed by atoms with Crippen LogP contribution in [0.4, 0.5) is 5.69 Å². The SMILES string of the molecule is CC(C)C(CCN)CCC(=O)Nc1cc(Cl)ccc1Br. The van der Waals surface area contributed by atoms with Crippen LogP contribution in [0, 0.1) is 11.8 Å². The van der Waals surface area contributed by atoms with E-state index < -0.39 is 0 Å². The second-order valence-electron chi connectivity index (χ2n) is 5.29. The number of anilines is 1. The van der Waals surface area contributed by atoms with Crippen molar-refractivity contribution in [1.29, 1.82) is 0 Å². The number of halogens is 2. The van der Waals surface area contributed by atoms with Gasteiger partial charge in [0.2, 0.25) is 5.91 Å². The van der Waals surface area contributed by atoms with Crippen molar-refractivity contribution in [2.75, 3.05) is 11.9 Å². The van der Waals surface area contributed by atoms with E-state index in [4.69, 9.17) is 17.3 Å². The Morgan fingerprint density at radius 1 is 1.40 bits per heavy atom. The zero-order valence-electron chi connectivity index (χ0n) is 12.0. The highest BCUT2D eigenvalue weighted by atomic mass is 79.9. The second kappa shape index (κ2) is 8.65. The molecule has 0 aliphatic carbocycles. The lowest BCUT2D eigenvalue weighted by Crippen LogP contribution is -2.18. The molecule has 0 fully saturated rings. The van der Waals surface area contributed by atoms with Crippen molar-refractivity contribution >= 4 is 39.1 Å². The third kappa shape index (κ3) is 5.81. The predicted octanol–water partition coefficient (Wildman–Crippen LogP) is 4.44. The van der Waals surface area contributed by atoms with Crippen molar-refractivity contribution in [3.05, 3.63) is 27.7 Å². The fraction of sp³-hybridized carbons (Fsp3) is 0.533. The largest absolute Gasteiger partial charge is 0.330 e. The maximum Gasteiger partial charge on any atom is 0.224 e. The summed E-state index contributed by atoms with van der Waals surface area (Å²) in [5, 5.41) is 3.49. The highest BCUT2D eigenvalue weighted by Crippen LogP contribution is 2.26. The van der Waals surface area contributed by atoms with Gasteiger partial charge in [0.05, 0.1) is 5.69 Å². The molecule has 1 rings (SSSR count). The van der Waals surface area contributed by atoms with Gasteiger partial charge in [0, 0.05) is 15.9 Å². The van der Waals surface area contributed by atoms with Gasteiger partial charge in [-0.05, 0) is 65.4 Å². The van der Waals surface area contributed by atoms with Crippen molar-refractivity contribution in [1.82, 2.24) is 0 Å². The molecule has 0 saturated carbocycles. The van der Waals surface area contributed by atoms with E-state index in [0.717, 1.165) is 17.3 Å². The minimum absolute atomic E-state index is 0.00985. The minimum Gasteiger partial charge on any atom is -0.330 e. The molecule has 1 aromatic rings. The van der Waals surface area contributed by atoms with Gasteiger partial charge in [0.15, 0.2) is 0 Å². The third-order valence-electron chi connectivity index (χ3n) is 3.42. The molecular weight excluding hydrogens is 340 g/mol. The molecule has 1 unspecified atom stereocenters. The lowest BCUT2D eigenvalue weighted by molar-refractivity contribution is -0.116. The fourth-order valence-corrected chi connectivity index (χ4v) is 2.67. The number of carbonyl (C=O) groups excluding carboxylic acids is 1. The topological polar surface area (TPSA) is 55.1 Å². The van der Waals surface area contributed by atoms with E-state index in [2.05, 4.69) is 35.1 Å². The summed E-state index contributed by atoms with van der Waals surface area (Å²) in [6.07, 6.45) is 2.33. The summed E-state index contributed by atoms with van der Waals surface area (Å²) in [5.41, 5.74) is 6.32. The van der Waals surface area contributed by atoms with Crippen LogP contribution in [-0.2, 0) is 4.79 Å². The van der Waals surface area contributed by atoms with Crippen LogP contribution >= 0.6 is 27.5 Å². The number of nitrogens with one attached hydrogen (secondary N) is 1. The molecule has 0 radical (unpaired) electrons. The van der Waals surface area contributed by atoms with Crippen LogP contribution in [0.15, 0.2) is 22.7 Å². The summed E-state index contributed by atoms with van der Waals surface area (Å²) in [7, 11) is 0. The number of hydrogen-bond acceptors (Lipinski definition) is 2. The van der Waals surface area contributed by atoms with Gasteiger partial charge in [-0.2, -0.15) is 0 Å². The Morgan fingerprint density at radius 3 is 2.70 bits per heavy atom. The Morgan fingerprint density at radius 2 is 2.10 bits per heavy atom. The molecule has 0 saturated heterocycles. The van der Waals surface area contributed by atoms with Gasteiger partial charge in [-0.1, -0.05) is 25.4 Å². The molecule has 112 valence electrons. The van der Waals surface area contributed by atoms with Crippen LogP contribution in [0.3, 0.4) is 0 Å². The van der Waals surface area contributed by atoms with E-state index in [9.17, 15) is 4.79 Å². The Hall–Kier alpha value is -0.580. The fourth-order valence-electron chi connectivity index (χ4n) is 2.15. The minimum atomic E-state index is 0.00985. The van der Waals surface area contributed by atoms with Crippen LogP contribution in [0.1, 0.15) is 33.1 Å². The van der Waals surface area contributed by atoms with Gasteiger partial charge < -0.3 is 11.1 Å². The standard InChI is InChI=1S/C15H22BrClN2O/c1-10(2)11(7-8-18)3-6-15(20)19-14-9-12(17)4-5-13(14)16/h4-5,9-11H,3,6-8,18H2,1-2H3,(H,19,20). The molecule has 0 aliphatic rings. The number of hydrogen-bond donors (Lipinski definition) is 2. The first-order valence-corrected chi connectivity index (χ1v) is 8.06. The molecule has 1 amide bonds. The molecule has 0 bridgehead atoms. The van der Waals surface area contributed by atoms with Crippen molar-refractivity contribution < 1.29 is 4.79 Å². The normalized spacial score (nSPS) is 12.5. The van der Waals surface area contributed by atoms with Crippen LogP contribution in [0.5, 0.6) is 0 Å². The predicted molar refractivity (Wildman–Crippen MR) is 89.0 cm³/mol. The molecule has 0 aromatic heterocycles. The van der Waals surface area contributed by atoms with E-state index >= 15 is 0 Å². The first-order chi connectivity index (χ1) is 9.43. The summed E-state index contributed by atoms with van der Waals surface area (Å²) in [6.45, 7) is 5.02. The monoisotopic (exact) mass is 360 g/mol. The number of benzene rings is 1. The van der Waals surface area contributed by atoms with Crippen LogP contribution in [-0.4, -0.2) is 12.5 Å². The van der Waals surface area contributed by atoms with Crippen molar-refractivity contribution in [3.8, 4) is 0 Å². The van der Waals surface area contributed by atoms with Gasteiger partial charge in [0.25, 0.3) is 0 Å². The molecule has 5 heteroatoms. The highest BCUT2D eigenvalue weighted by Gasteiger charge is 2.15. The molecule has 0 aliphatic heterocycles. The summed E-state index contributed by atoms with van der Waals surface area (Å²) in [5.74, 6) is 1.05. The van der Waals surface area contributed by atoms with Gasteiger partial charge in [-0.25, -0.2) is 0 Å². The van der Waals surface area contributed by atoms with Crippen LogP contribution in [0.25, 0.3) is 0 Å². The van der Waals surface area contributed by atoms with E-state index in [1.165, 1.54) is 0 Å². The first-order valence-electron chi connectivity index (χ1n) is 6.89. The van der Waals surface area contributed by atoms with Gasteiger partial charge in [-0.3, -0.25) is 4.79 Å². The molecule has 3 N–H and O–H groups in total. The van der Waals surface area contributed by atoms with Crippen LogP contribution in [0.2, 0.25) is 5.02 Å². The van der Waals surface area contributed by atoms with Crippen molar-refractivity contribution in [2.45, 2.75) is 33.1 Å². The average Bonchev–Trinajstić information content (AvgIpc) is 2.38. The van der Waals surface area contributed by atoms with E-state index in [1.54, 1.807) is 12.1 Å². The van der Waals surface area contributed by atoms with Gasteiger partial charge in [0.1, 0.15) is 0 Å². The summed E-state index contributed by atoms with van der Waals surface area (Å²) in [6, 6.07) is 5.34. The molecule has 3 nitrogen and oxygen atoms in total. The van der Waals surface area contributed by atoms with E-state index in [1.807, 2.05) is 6.07 Å². The zero-order valence-corrected chi connectivity index (χ0v) is 14.3. The van der Waals surface area contributed by atoms with E-state index in [0.29, 0.717) is 35.5 Å². The van der Waals surface area contributed by atoms with Gasteiger partial charge >= 0.3 is 0 Å². The molecule has 0 heterocycles. The Labute approximate surface area is 134 Å². The summed E-state index contributed by atoms with van der Waals surface area (Å²) in [4.78, 5) is 12.0. The third-order valence-corrected chi connectivity index (χ3v) is 4.35. The Bertz CT molecular complexity index is 451. The Balaban J connectivity index is 2.53. The van der Waals surface area contributed by atoms with Gasteiger partial charge in [-0.15, -0.1) is 0 Å². The zero-order chi connectivity index (χ0) is 15.1. The number of carbonyl (C=O) groups is 1. The lowest BCUT2D eigenvalue weighted by Gasteiger charge is -2.19.